The van der Waals surface area contributed by atoms with E-state index in [1.165, 1.54) is 0 Å². The maximum absolute atomic E-state index is 12.6. The first-order valence-corrected chi connectivity index (χ1v) is 9.28. The summed E-state index contributed by atoms with van der Waals surface area (Å²) in [6, 6.07) is 17.1. The Labute approximate surface area is 160 Å². The number of benzene rings is 2. The quantitative estimate of drug-likeness (QED) is 0.789. The van der Waals surface area contributed by atoms with Gasteiger partial charge >= 0.3 is 0 Å². The van der Waals surface area contributed by atoms with Crippen LogP contribution in [0.25, 0.3) is 0 Å². The molecule has 1 heterocycles. The van der Waals surface area contributed by atoms with Crippen molar-refractivity contribution >= 4 is 11.8 Å². The van der Waals surface area contributed by atoms with Crippen LogP contribution in [0.1, 0.15) is 28.8 Å². The summed E-state index contributed by atoms with van der Waals surface area (Å²) >= 11 is 0. The van der Waals surface area contributed by atoms with Crippen molar-refractivity contribution in [2.75, 3.05) is 27.2 Å². The van der Waals surface area contributed by atoms with E-state index in [-0.39, 0.29) is 17.7 Å². The maximum Gasteiger partial charge on any atom is 0.253 e. The van der Waals surface area contributed by atoms with E-state index in [1.807, 2.05) is 42.3 Å². The summed E-state index contributed by atoms with van der Waals surface area (Å²) in [4.78, 5) is 28.8. The lowest BCUT2D eigenvalue weighted by molar-refractivity contribution is -0.131. The summed E-state index contributed by atoms with van der Waals surface area (Å²) in [5.74, 6) is 1.10. The van der Waals surface area contributed by atoms with Crippen LogP contribution in [0.4, 0.5) is 0 Å². The fraction of sp³-hybridized carbons (Fsp3) is 0.364. The number of ether oxygens (including phenoxy) is 1. The molecule has 0 N–H and O–H groups in total. The molecule has 2 aromatic rings. The third-order valence-electron chi connectivity index (χ3n) is 5.06. The average Bonchev–Trinajstić information content (AvgIpc) is 3.16. The zero-order valence-corrected chi connectivity index (χ0v) is 15.9. The Balaban J connectivity index is 1.51. The number of hydrogen-bond donors (Lipinski definition) is 0. The van der Waals surface area contributed by atoms with Crippen molar-refractivity contribution in [1.29, 1.82) is 0 Å². The highest BCUT2D eigenvalue weighted by Gasteiger charge is 2.29. The number of amides is 2. The van der Waals surface area contributed by atoms with Crippen LogP contribution in [0.5, 0.6) is 5.75 Å². The number of nitrogens with zero attached hydrogens (tertiary/aromatic N) is 2. The molecular formula is C22H26N2O3. The van der Waals surface area contributed by atoms with Gasteiger partial charge in [-0.1, -0.05) is 30.3 Å². The molecule has 0 bridgehead atoms. The number of methoxy groups -OCH3 is 1. The number of hydrogen-bond acceptors (Lipinski definition) is 3. The van der Waals surface area contributed by atoms with E-state index in [2.05, 4.69) is 0 Å². The molecule has 1 saturated heterocycles. The van der Waals surface area contributed by atoms with Crippen molar-refractivity contribution < 1.29 is 14.3 Å². The molecule has 3 rings (SSSR count). The monoisotopic (exact) mass is 366 g/mol. The molecule has 5 heteroatoms. The molecule has 2 amide bonds. The van der Waals surface area contributed by atoms with Gasteiger partial charge in [0, 0.05) is 38.7 Å². The Morgan fingerprint density at radius 1 is 1.11 bits per heavy atom. The number of carbonyl (C=O) groups excluding carboxylic acids is 2. The van der Waals surface area contributed by atoms with Crippen LogP contribution in [-0.4, -0.2) is 48.9 Å². The Morgan fingerprint density at radius 2 is 1.81 bits per heavy atom. The smallest absolute Gasteiger partial charge is 0.253 e. The first-order valence-electron chi connectivity index (χ1n) is 9.28. The molecule has 27 heavy (non-hydrogen) atoms. The molecule has 0 aliphatic carbocycles. The molecule has 1 aliphatic heterocycles. The van der Waals surface area contributed by atoms with Gasteiger partial charge in [0.1, 0.15) is 5.75 Å². The molecule has 2 aromatic carbocycles. The van der Waals surface area contributed by atoms with E-state index in [4.69, 9.17) is 4.74 Å². The second-order valence-electron chi connectivity index (χ2n) is 7.07. The molecule has 5 nitrogen and oxygen atoms in total. The van der Waals surface area contributed by atoms with Gasteiger partial charge in [0.2, 0.25) is 5.91 Å². The Bertz CT molecular complexity index is 774. The van der Waals surface area contributed by atoms with Gasteiger partial charge in [-0.25, -0.2) is 0 Å². The van der Waals surface area contributed by atoms with E-state index >= 15 is 0 Å². The summed E-state index contributed by atoms with van der Waals surface area (Å²) in [7, 11) is 3.44. The minimum Gasteiger partial charge on any atom is -0.497 e. The second-order valence-corrected chi connectivity index (χ2v) is 7.07. The van der Waals surface area contributed by atoms with Crippen LogP contribution in [0.3, 0.4) is 0 Å². The molecule has 1 atom stereocenters. The van der Waals surface area contributed by atoms with Gasteiger partial charge in [-0.05, 0) is 42.2 Å². The fourth-order valence-corrected chi connectivity index (χ4v) is 3.45. The molecule has 0 spiro atoms. The lowest BCUT2D eigenvalue weighted by Gasteiger charge is -2.20. The summed E-state index contributed by atoms with van der Waals surface area (Å²) < 4.78 is 5.13. The van der Waals surface area contributed by atoms with Crippen molar-refractivity contribution in [3.8, 4) is 5.75 Å². The van der Waals surface area contributed by atoms with Crippen molar-refractivity contribution in [2.45, 2.75) is 19.4 Å². The lowest BCUT2D eigenvalue weighted by atomic mass is 10.0. The zero-order valence-electron chi connectivity index (χ0n) is 15.9. The molecule has 0 radical (unpaired) electrons. The molecule has 142 valence electrons. The standard InChI is InChI=1S/C22H26N2O3/c1-23(15-17-6-4-3-5-7-17)21(25)14-18-12-13-24(16-18)22(26)19-8-10-20(27-2)11-9-19/h3-11,18H,12-16H2,1-2H3. The molecular weight excluding hydrogens is 340 g/mol. The number of carbonyl (C=O) groups is 2. The molecule has 0 saturated carbocycles. The van der Waals surface area contributed by atoms with E-state index < -0.39 is 0 Å². The normalized spacial score (nSPS) is 16.2. The van der Waals surface area contributed by atoms with Gasteiger partial charge in [0.25, 0.3) is 5.91 Å². The third-order valence-corrected chi connectivity index (χ3v) is 5.06. The van der Waals surface area contributed by atoms with Crippen LogP contribution in [0.15, 0.2) is 54.6 Å². The highest BCUT2D eigenvalue weighted by Crippen LogP contribution is 2.23. The van der Waals surface area contributed by atoms with Gasteiger partial charge < -0.3 is 14.5 Å². The SMILES string of the molecule is COc1ccc(C(=O)N2CCC(CC(=O)N(C)Cc3ccccc3)C2)cc1. The summed E-state index contributed by atoms with van der Waals surface area (Å²) in [6.07, 6.45) is 1.35. The summed E-state index contributed by atoms with van der Waals surface area (Å²) in [6.45, 7) is 1.95. The minimum atomic E-state index is 0.0187. The van der Waals surface area contributed by atoms with E-state index in [1.54, 1.807) is 36.3 Å². The van der Waals surface area contributed by atoms with Crippen LogP contribution in [0.2, 0.25) is 0 Å². The van der Waals surface area contributed by atoms with Crippen molar-refractivity contribution in [2.24, 2.45) is 5.92 Å². The van der Waals surface area contributed by atoms with E-state index in [0.29, 0.717) is 31.6 Å². The van der Waals surface area contributed by atoms with Gasteiger partial charge in [-0.3, -0.25) is 9.59 Å². The topological polar surface area (TPSA) is 49.9 Å². The first-order chi connectivity index (χ1) is 13.1. The lowest BCUT2D eigenvalue weighted by Crippen LogP contribution is -2.31. The predicted molar refractivity (Wildman–Crippen MR) is 105 cm³/mol. The van der Waals surface area contributed by atoms with Gasteiger partial charge in [0.15, 0.2) is 0 Å². The van der Waals surface area contributed by atoms with Crippen LogP contribution in [-0.2, 0) is 11.3 Å². The van der Waals surface area contributed by atoms with Gasteiger partial charge in [0.05, 0.1) is 7.11 Å². The highest BCUT2D eigenvalue weighted by molar-refractivity contribution is 5.94. The highest BCUT2D eigenvalue weighted by atomic mass is 16.5. The first kappa shape index (κ1) is 19.0. The van der Waals surface area contributed by atoms with Gasteiger partial charge in [-0.2, -0.15) is 0 Å². The number of rotatable bonds is 6. The Kier molecular flexibility index (Phi) is 6.12. The molecule has 0 aromatic heterocycles. The van der Waals surface area contributed by atoms with Crippen molar-refractivity contribution in [3.63, 3.8) is 0 Å². The van der Waals surface area contributed by atoms with Gasteiger partial charge in [-0.15, -0.1) is 0 Å². The van der Waals surface area contributed by atoms with E-state index in [0.717, 1.165) is 17.7 Å². The maximum atomic E-state index is 12.6. The van der Waals surface area contributed by atoms with Crippen LogP contribution >= 0.6 is 0 Å². The number of likely N-dealkylation sites (tertiary alicyclic amines) is 1. The second kappa shape index (κ2) is 8.71. The largest absolute Gasteiger partial charge is 0.497 e. The molecule has 1 fully saturated rings. The Hall–Kier alpha value is -2.82. The fourth-order valence-electron chi connectivity index (χ4n) is 3.45. The Morgan fingerprint density at radius 3 is 2.48 bits per heavy atom. The zero-order chi connectivity index (χ0) is 19.2. The minimum absolute atomic E-state index is 0.0187. The summed E-state index contributed by atoms with van der Waals surface area (Å²) in [5, 5.41) is 0. The third kappa shape index (κ3) is 4.88. The predicted octanol–water partition coefficient (Wildman–Crippen LogP) is 3.21. The van der Waals surface area contributed by atoms with Crippen molar-refractivity contribution in [3.05, 3.63) is 65.7 Å². The van der Waals surface area contributed by atoms with Crippen molar-refractivity contribution in [1.82, 2.24) is 9.80 Å². The summed E-state index contributed by atoms with van der Waals surface area (Å²) in [5.41, 5.74) is 1.78. The molecule has 1 unspecified atom stereocenters. The van der Waals surface area contributed by atoms with Crippen LogP contribution in [0, 0.1) is 5.92 Å². The van der Waals surface area contributed by atoms with E-state index in [9.17, 15) is 9.59 Å². The average molecular weight is 366 g/mol. The van der Waals surface area contributed by atoms with Crippen LogP contribution < -0.4 is 4.74 Å². The molecule has 1 aliphatic rings.